The van der Waals surface area contributed by atoms with Crippen molar-refractivity contribution < 1.29 is 9.59 Å². The number of halogens is 1. The third-order valence-corrected chi connectivity index (χ3v) is 3.83. The number of aryl methyl sites for hydroxylation is 1. The Morgan fingerprint density at radius 1 is 1.14 bits per heavy atom. The zero-order valence-corrected chi connectivity index (χ0v) is 13.1. The van der Waals surface area contributed by atoms with Crippen LogP contribution in [0.3, 0.4) is 0 Å². The number of nitrogens with zero attached hydrogens (tertiary/aromatic N) is 2. The number of imide groups is 1. The van der Waals surface area contributed by atoms with Crippen LogP contribution in [0.4, 0.5) is 11.5 Å². The number of aromatic nitrogens is 1. The van der Waals surface area contributed by atoms with E-state index in [0.29, 0.717) is 16.9 Å². The molecule has 0 aliphatic carbocycles. The van der Waals surface area contributed by atoms with E-state index in [4.69, 9.17) is 0 Å². The highest BCUT2D eigenvalue weighted by Gasteiger charge is 2.32. The van der Waals surface area contributed by atoms with Gasteiger partial charge >= 0.3 is 0 Å². The predicted molar refractivity (Wildman–Crippen MR) is 82.8 cm³/mol. The molecule has 106 valence electrons. The number of benzene rings is 1. The van der Waals surface area contributed by atoms with Crippen LogP contribution in [0.15, 0.2) is 34.9 Å². The number of anilines is 2. The van der Waals surface area contributed by atoms with Gasteiger partial charge in [-0.2, -0.15) is 0 Å². The first-order valence-corrected chi connectivity index (χ1v) is 7.12. The van der Waals surface area contributed by atoms with Crippen molar-refractivity contribution in [1.82, 2.24) is 9.88 Å². The summed E-state index contributed by atoms with van der Waals surface area (Å²) in [6.07, 6.45) is 1.70. The maximum Gasteiger partial charge on any atom is 0.261 e. The lowest BCUT2D eigenvalue weighted by molar-refractivity contribution is 0.0693. The van der Waals surface area contributed by atoms with Crippen LogP contribution in [0.1, 0.15) is 26.3 Å². The van der Waals surface area contributed by atoms with E-state index in [1.807, 2.05) is 13.0 Å². The Bertz CT molecular complexity index is 774. The van der Waals surface area contributed by atoms with Crippen molar-refractivity contribution in [2.24, 2.45) is 0 Å². The first-order valence-electron chi connectivity index (χ1n) is 6.33. The summed E-state index contributed by atoms with van der Waals surface area (Å²) in [6.45, 7) is 1.94. The van der Waals surface area contributed by atoms with Crippen molar-refractivity contribution in [3.63, 3.8) is 0 Å². The predicted octanol–water partition coefficient (Wildman–Crippen LogP) is 3.12. The number of amides is 2. The average Bonchev–Trinajstić information content (AvgIpc) is 2.67. The Balaban J connectivity index is 1.95. The number of nitrogens with one attached hydrogen (secondary N) is 1. The van der Waals surface area contributed by atoms with Crippen LogP contribution >= 0.6 is 15.9 Å². The van der Waals surface area contributed by atoms with E-state index >= 15 is 0 Å². The Kier molecular flexibility index (Phi) is 3.25. The van der Waals surface area contributed by atoms with Gasteiger partial charge in [0.2, 0.25) is 0 Å². The van der Waals surface area contributed by atoms with Gasteiger partial charge in [0, 0.05) is 23.4 Å². The fourth-order valence-electron chi connectivity index (χ4n) is 2.25. The molecular weight excluding hydrogens is 334 g/mol. The first kappa shape index (κ1) is 13.8. The second kappa shape index (κ2) is 4.96. The van der Waals surface area contributed by atoms with E-state index in [-0.39, 0.29) is 11.8 Å². The minimum absolute atomic E-state index is 0.264. The number of hydrogen-bond donors (Lipinski definition) is 1. The number of rotatable bonds is 2. The van der Waals surface area contributed by atoms with Gasteiger partial charge in [-0.25, -0.2) is 4.98 Å². The summed E-state index contributed by atoms with van der Waals surface area (Å²) in [5.41, 5.74) is 2.56. The van der Waals surface area contributed by atoms with Gasteiger partial charge in [0.1, 0.15) is 5.82 Å². The maximum absolute atomic E-state index is 12.0. The molecule has 1 aromatic carbocycles. The smallest absolute Gasteiger partial charge is 0.261 e. The van der Waals surface area contributed by atoms with Crippen LogP contribution < -0.4 is 5.32 Å². The zero-order valence-electron chi connectivity index (χ0n) is 11.5. The summed E-state index contributed by atoms with van der Waals surface area (Å²) >= 11 is 3.37. The molecule has 0 saturated carbocycles. The molecule has 0 unspecified atom stereocenters. The van der Waals surface area contributed by atoms with Crippen LogP contribution in [-0.2, 0) is 0 Å². The van der Waals surface area contributed by atoms with Gasteiger partial charge in [-0.05, 0) is 52.7 Å². The van der Waals surface area contributed by atoms with E-state index in [9.17, 15) is 9.59 Å². The summed E-state index contributed by atoms with van der Waals surface area (Å²) in [7, 11) is 1.48. The van der Waals surface area contributed by atoms with Gasteiger partial charge in [-0.15, -0.1) is 0 Å². The monoisotopic (exact) mass is 345 g/mol. The van der Waals surface area contributed by atoms with Crippen LogP contribution in [0.2, 0.25) is 0 Å². The van der Waals surface area contributed by atoms with E-state index < -0.39 is 0 Å². The van der Waals surface area contributed by atoms with E-state index in [1.165, 1.54) is 7.05 Å². The number of carbonyl (C=O) groups excluding carboxylic acids is 2. The van der Waals surface area contributed by atoms with Crippen molar-refractivity contribution in [3.8, 4) is 0 Å². The molecule has 0 bridgehead atoms. The third kappa shape index (κ3) is 2.31. The number of fused-ring (bicyclic) bond motifs is 1. The molecule has 1 aliphatic rings. The lowest BCUT2D eigenvalue weighted by Crippen LogP contribution is -2.24. The summed E-state index contributed by atoms with van der Waals surface area (Å²) in [4.78, 5) is 29.2. The first-order chi connectivity index (χ1) is 9.97. The summed E-state index contributed by atoms with van der Waals surface area (Å²) < 4.78 is 0.905. The molecule has 0 radical (unpaired) electrons. The minimum Gasteiger partial charge on any atom is -0.340 e. The van der Waals surface area contributed by atoms with Gasteiger partial charge in [-0.1, -0.05) is 0 Å². The maximum atomic E-state index is 12.0. The van der Waals surface area contributed by atoms with Gasteiger partial charge in [0.15, 0.2) is 0 Å². The molecule has 1 aliphatic heterocycles. The molecule has 1 aromatic heterocycles. The SMILES string of the molecule is Cc1cc(Br)cnc1Nc1ccc2c(c1)C(=O)N(C)C2=O. The molecule has 3 rings (SSSR count). The number of pyridine rings is 1. The lowest BCUT2D eigenvalue weighted by Gasteiger charge is -2.09. The highest BCUT2D eigenvalue weighted by atomic mass is 79.9. The highest BCUT2D eigenvalue weighted by Crippen LogP contribution is 2.27. The molecule has 0 fully saturated rings. The fourth-order valence-corrected chi connectivity index (χ4v) is 2.69. The minimum atomic E-state index is -0.279. The Hall–Kier alpha value is -2.21. The molecular formula is C15H12BrN3O2. The average molecular weight is 346 g/mol. The van der Waals surface area contributed by atoms with Gasteiger partial charge in [0.05, 0.1) is 11.1 Å². The van der Waals surface area contributed by atoms with Gasteiger partial charge in [-0.3, -0.25) is 14.5 Å². The number of carbonyl (C=O) groups is 2. The molecule has 21 heavy (non-hydrogen) atoms. The van der Waals surface area contributed by atoms with Gasteiger partial charge in [0.25, 0.3) is 11.8 Å². The normalized spacial score (nSPS) is 13.6. The quantitative estimate of drug-likeness (QED) is 0.849. The van der Waals surface area contributed by atoms with E-state index in [0.717, 1.165) is 20.6 Å². The molecule has 0 spiro atoms. The Morgan fingerprint density at radius 3 is 2.57 bits per heavy atom. The molecule has 0 saturated heterocycles. The summed E-state index contributed by atoms with van der Waals surface area (Å²) in [6, 6.07) is 7.06. The van der Waals surface area contributed by atoms with E-state index in [1.54, 1.807) is 24.4 Å². The molecule has 6 heteroatoms. The molecule has 2 heterocycles. The van der Waals surface area contributed by atoms with Crippen LogP contribution in [-0.4, -0.2) is 28.7 Å². The molecule has 5 nitrogen and oxygen atoms in total. The van der Waals surface area contributed by atoms with Crippen LogP contribution in [0, 0.1) is 6.92 Å². The van der Waals surface area contributed by atoms with Crippen LogP contribution in [0.25, 0.3) is 0 Å². The fraction of sp³-hybridized carbons (Fsp3) is 0.133. The molecule has 2 aromatic rings. The Morgan fingerprint density at radius 2 is 1.86 bits per heavy atom. The Labute approximate surface area is 130 Å². The zero-order chi connectivity index (χ0) is 15.1. The van der Waals surface area contributed by atoms with Crippen molar-refractivity contribution in [2.75, 3.05) is 12.4 Å². The van der Waals surface area contributed by atoms with Gasteiger partial charge < -0.3 is 5.32 Å². The van der Waals surface area contributed by atoms with Crippen molar-refractivity contribution in [3.05, 3.63) is 51.6 Å². The topological polar surface area (TPSA) is 62.3 Å². The van der Waals surface area contributed by atoms with E-state index in [2.05, 4.69) is 26.2 Å². The standard InChI is InChI=1S/C15H12BrN3O2/c1-8-5-9(16)7-17-13(8)18-10-3-4-11-12(6-10)15(21)19(2)14(11)20/h3-7H,1-2H3,(H,17,18). The summed E-state index contributed by atoms with van der Waals surface area (Å²) in [5, 5.41) is 3.17. The second-order valence-corrected chi connectivity index (χ2v) is 5.79. The second-order valence-electron chi connectivity index (χ2n) is 4.87. The van der Waals surface area contributed by atoms with Crippen molar-refractivity contribution >= 4 is 39.2 Å². The lowest BCUT2D eigenvalue weighted by atomic mass is 10.1. The van der Waals surface area contributed by atoms with Crippen molar-refractivity contribution in [2.45, 2.75) is 6.92 Å². The third-order valence-electron chi connectivity index (χ3n) is 3.40. The summed E-state index contributed by atoms with van der Waals surface area (Å²) in [5.74, 6) is 0.168. The largest absolute Gasteiger partial charge is 0.340 e. The molecule has 1 N–H and O–H groups in total. The van der Waals surface area contributed by atoms with Crippen LogP contribution in [0.5, 0.6) is 0 Å². The number of hydrogen-bond acceptors (Lipinski definition) is 4. The highest BCUT2D eigenvalue weighted by molar-refractivity contribution is 9.10. The molecule has 0 atom stereocenters. The molecule has 2 amide bonds. The van der Waals surface area contributed by atoms with Crippen molar-refractivity contribution in [1.29, 1.82) is 0 Å².